The maximum atomic E-state index is 12.0. The first-order chi connectivity index (χ1) is 8.45. The average Bonchev–Trinajstić information content (AvgIpc) is 2.56. The number of aliphatic hydroxyl groups is 1. The van der Waals surface area contributed by atoms with E-state index in [0.29, 0.717) is 17.2 Å². The summed E-state index contributed by atoms with van der Waals surface area (Å²) in [6.07, 6.45) is -0.354. The molecular formula is C13H18N2O3. The molecular weight excluding hydrogens is 232 g/mol. The molecule has 2 heterocycles. The fraction of sp³-hybridized carbons (Fsp3) is 0.462. The first-order valence-corrected chi connectivity index (χ1v) is 5.91. The highest BCUT2D eigenvalue weighted by Gasteiger charge is 2.38. The van der Waals surface area contributed by atoms with Crippen LogP contribution in [0.4, 0.5) is 0 Å². The van der Waals surface area contributed by atoms with Gasteiger partial charge in [-0.3, -0.25) is 4.79 Å². The lowest BCUT2D eigenvalue weighted by Crippen LogP contribution is -2.42. The van der Waals surface area contributed by atoms with Crippen molar-refractivity contribution < 1.29 is 14.6 Å². The molecule has 0 aromatic carbocycles. The number of hydrogen-bond acceptors (Lipinski definition) is 4. The van der Waals surface area contributed by atoms with E-state index < -0.39 is 0 Å². The van der Waals surface area contributed by atoms with Crippen molar-refractivity contribution in [3.8, 4) is 0 Å². The third-order valence-corrected chi connectivity index (χ3v) is 3.53. The Labute approximate surface area is 106 Å². The Morgan fingerprint density at radius 3 is 2.56 bits per heavy atom. The van der Waals surface area contributed by atoms with Crippen molar-refractivity contribution in [2.24, 2.45) is 5.92 Å². The Morgan fingerprint density at radius 2 is 2.06 bits per heavy atom. The van der Waals surface area contributed by atoms with Crippen LogP contribution in [-0.2, 0) is 9.53 Å². The Hall–Kier alpha value is -1.75. The van der Waals surface area contributed by atoms with Gasteiger partial charge in [-0.05, 0) is 19.4 Å². The summed E-state index contributed by atoms with van der Waals surface area (Å²) < 4.78 is 5.69. The highest BCUT2D eigenvalue weighted by Crippen LogP contribution is 2.35. The number of rotatable bonds is 2. The van der Waals surface area contributed by atoms with Gasteiger partial charge in [0.1, 0.15) is 24.3 Å². The monoisotopic (exact) mass is 250 g/mol. The summed E-state index contributed by atoms with van der Waals surface area (Å²) in [5.74, 6) is 0.903. The van der Waals surface area contributed by atoms with Crippen molar-refractivity contribution in [1.29, 1.82) is 0 Å². The molecule has 0 saturated carbocycles. The van der Waals surface area contributed by atoms with Crippen LogP contribution in [-0.4, -0.2) is 23.7 Å². The van der Waals surface area contributed by atoms with Crippen LogP contribution >= 0.6 is 0 Å². The van der Waals surface area contributed by atoms with E-state index in [1.807, 2.05) is 20.8 Å². The summed E-state index contributed by atoms with van der Waals surface area (Å²) in [6, 6.07) is 0. The maximum Gasteiger partial charge on any atom is 0.258 e. The van der Waals surface area contributed by atoms with Gasteiger partial charge in [-0.15, -0.1) is 0 Å². The highest BCUT2D eigenvalue weighted by molar-refractivity contribution is 5.97. The van der Waals surface area contributed by atoms with Crippen LogP contribution in [0.15, 0.2) is 35.0 Å². The summed E-state index contributed by atoms with van der Waals surface area (Å²) in [7, 11) is 0. The Balaban J connectivity index is 2.32. The van der Waals surface area contributed by atoms with Crippen LogP contribution in [0.3, 0.4) is 0 Å². The quantitative estimate of drug-likeness (QED) is 0.676. The second-order valence-corrected chi connectivity index (χ2v) is 4.69. The van der Waals surface area contributed by atoms with Gasteiger partial charge in [0.2, 0.25) is 0 Å². The van der Waals surface area contributed by atoms with Crippen molar-refractivity contribution in [2.45, 2.75) is 26.9 Å². The zero-order valence-corrected chi connectivity index (χ0v) is 10.8. The first-order valence-electron chi connectivity index (χ1n) is 5.91. The van der Waals surface area contributed by atoms with Gasteiger partial charge in [0.15, 0.2) is 0 Å². The van der Waals surface area contributed by atoms with Crippen LogP contribution in [0.2, 0.25) is 0 Å². The fourth-order valence-electron chi connectivity index (χ4n) is 2.34. The predicted molar refractivity (Wildman–Crippen MR) is 66.9 cm³/mol. The molecule has 1 amide bonds. The minimum absolute atomic E-state index is 0.0658. The molecule has 2 aliphatic heterocycles. The summed E-state index contributed by atoms with van der Waals surface area (Å²) >= 11 is 0. The molecule has 0 aliphatic carbocycles. The topological polar surface area (TPSA) is 70.6 Å². The molecule has 2 atom stereocenters. The van der Waals surface area contributed by atoms with E-state index in [1.165, 1.54) is 0 Å². The lowest BCUT2D eigenvalue weighted by Gasteiger charge is -2.27. The van der Waals surface area contributed by atoms with E-state index in [4.69, 9.17) is 4.74 Å². The molecule has 18 heavy (non-hydrogen) atoms. The van der Waals surface area contributed by atoms with Crippen molar-refractivity contribution in [3.05, 3.63) is 35.0 Å². The number of carbonyl (C=O) groups is 1. The third kappa shape index (κ3) is 1.90. The van der Waals surface area contributed by atoms with Gasteiger partial charge < -0.3 is 20.5 Å². The molecule has 5 heteroatoms. The largest absolute Gasteiger partial charge is 0.487 e. The Kier molecular flexibility index (Phi) is 3.17. The molecule has 0 fully saturated rings. The fourth-order valence-corrected chi connectivity index (χ4v) is 2.34. The lowest BCUT2D eigenvalue weighted by atomic mass is 9.91. The number of nitrogens with one attached hydrogen (secondary N) is 2. The molecule has 0 radical (unpaired) electrons. The van der Waals surface area contributed by atoms with Gasteiger partial charge >= 0.3 is 0 Å². The van der Waals surface area contributed by atoms with Crippen LogP contribution in [0.1, 0.15) is 20.8 Å². The van der Waals surface area contributed by atoms with Crippen LogP contribution in [0.25, 0.3) is 0 Å². The summed E-state index contributed by atoms with van der Waals surface area (Å²) in [4.78, 5) is 12.0. The SMILES string of the molecule is C=C1NC(=O)C([C@@H]2OC(CO)=C(C)C2C)=C(C)N1. The van der Waals surface area contributed by atoms with Crippen LogP contribution in [0, 0.1) is 5.92 Å². The summed E-state index contributed by atoms with van der Waals surface area (Å²) in [6.45, 7) is 9.26. The normalized spacial score (nSPS) is 28.2. The van der Waals surface area contributed by atoms with E-state index in [-0.39, 0.29) is 24.5 Å². The number of ether oxygens (including phenoxy) is 1. The first kappa shape index (κ1) is 12.7. The smallest absolute Gasteiger partial charge is 0.258 e. The number of allylic oxidation sites excluding steroid dienone is 1. The van der Waals surface area contributed by atoms with Crippen LogP contribution in [0.5, 0.6) is 0 Å². The maximum absolute atomic E-state index is 12.0. The van der Waals surface area contributed by atoms with E-state index >= 15 is 0 Å². The van der Waals surface area contributed by atoms with E-state index in [2.05, 4.69) is 17.2 Å². The van der Waals surface area contributed by atoms with Crippen molar-refractivity contribution in [3.63, 3.8) is 0 Å². The van der Waals surface area contributed by atoms with Gasteiger partial charge in [-0.1, -0.05) is 13.5 Å². The molecule has 2 rings (SSSR count). The second-order valence-electron chi connectivity index (χ2n) is 4.69. The van der Waals surface area contributed by atoms with Gasteiger partial charge in [0.05, 0.1) is 5.57 Å². The van der Waals surface area contributed by atoms with E-state index in [0.717, 1.165) is 11.3 Å². The van der Waals surface area contributed by atoms with Crippen LogP contribution < -0.4 is 10.6 Å². The second kappa shape index (κ2) is 4.49. The van der Waals surface area contributed by atoms with Gasteiger partial charge in [-0.2, -0.15) is 0 Å². The molecule has 0 aromatic rings. The van der Waals surface area contributed by atoms with Crippen molar-refractivity contribution in [1.82, 2.24) is 10.6 Å². The van der Waals surface area contributed by atoms with Gasteiger partial charge in [0.25, 0.3) is 5.91 Å². The van der Waals surface area contributed by atoms with Gasteiger partial charge in [0, 0.05) is 11.6 Å². The van der Waals surface area contributed by atoms with Gasteiger partial charge in [-0.25, -0.2) is 0 Å². The van der Waals surface area contributed by atoms with Crippen molar-refractivity contribution in [2.75, 3.05) is 6.61 Å². The van der Waals surface area contributed by atoms with Crippen molar-refractivity contribution >= 4 is 5.91 Å². The summed E-state index contributed by atoms with van der Waals surface area (Å²) in [5.41, 5.74) is 2.30. The predicted octanol–water partition coefficient (Wildman–Crippen LogP) is 0.752. The summed E-state index contributed by atoms with van der Waals surface area (Å²) in [5, 5.41) is 14.9. The molecule has 0 bridgehead atoms. The zero-order valence-electron chi connectivity index (χ0n) is 10.8. The molecule has 2 aliphatic rings. The molecule has 3 N–H and O–H groups in total. The number of hydrogen-bond donors (Lipinski definition) is 3. The molecule has 98 valence electrons. The molecule has 0 saturated heterocycles. The lowest BCUT2D eigenvalue weighted by molar-refractivity contribution is -0.118. The minimum atomic E-state index is -0.354. The minimum Gasteiger partial charge on any atom is -0.487 e. The third-order valence-electron chi connectivity index (χ3n) is 3.53. The standard InChI is InChI=1S/C13H18N2O3/c1-6-7(2)12(18-10(6)5-16)11-8(3)14-9(4)15-13(11)17/h7,12,14,16H,4-5H2,1-3H3,(H,15,17)/t7?,12-/m1/s1. The highest BCUT2D eigenvalue weighted by atomic mass is 16.5. The van der Waals surface area contributed by atoms with E-state index in [9.17, 15) is 9.90 Å². The molecule has 0 aromatic heterocycles. The Morgan fingerprint density at radius 1 is 1.39 bits per heavy atom. The number of aliphatic hydroxyl groups excluding tert-OH is 1. The zero-order chi connectivity index (χ0) is 13.4. The Bertz CT molecular complexity index is 477. The number of carbonyl (C=O) groups excluding carboxylic acids is 1. The molecule has 0 spiro atoms. The van der Waals surface area contributed by atoms with E-state index in [1.54, 1.807) is 0 Å². The average molecular weight is 250 g/mol. The molecule has 5 nitrogen and oxygen atoms in total. The molecule has 1 unspecified atom stereocenters. The number of amides is 1.